The standard InChI is InChI=1S/C36H56Cl3NO10/c1-3-5-7-8-9-10-11-12-17-20-27(48-30(43)21-14-6-4-2)22-29(42)40-31-33(50-35(45)47-25-36(37,38)39)32(44)28(23-41)49-34(31)46-24-26-18-15-13-16-19-26/h13,15-16,18-19,27-28,31-34,41,44H,3-12,14,17,20-25H2,1-2H3,(H,40,42)/t27-,28-,31-,32-,33-,34-/m1/s1. The Morgan fingerprint density at radius 2 is 1.54 bits per heavy atom. The van der Waals surface area contributed by atoms with Crippen LogP contribution in [0.1, 0.15) is 116 Å². The molecular weight excluding hydrogens is 713 g/mol. The molecule has 0 bridgehead atoms. The fraction of sp³-hybridized carbons (Fsp3) is 0.750. The van der Waals surface area contributed by atoms with Crippen molar-refractivity contribution in [2.24, 2.45) is 0 Å². The molecule has 286 valence electrons. The van der Waals surface area contributed by atoms with E-state index < -0.39 is 65.8 Å². The van der Waals surface area contributed by atoms with E-state index in [1.807, 2.05) is 37.3 Å². The number of rotatable bonds is 24. The zero-order chi connectivity index (χ0) is 36.8. The minimum atomic E-state index is -1.92. The summed E-state index contributed by atoms with van der Waals surface area (Å²) < 4.78 is 26.1. The first-order chi connectivity index (χ1) is 24.0. The SMILES string of the molecule is CCCCCCCCCCC[C@H](CC(=O)N[C@H]1[C@H](OCc2ccccc2)O[C@H](CO)[C@@H](O)[C@@H]1OC(=O)OCC(Cl)(Cl)Cl)OC(=O)CCCCC. The average Bonchev–Trinajstić information content (AvgIpc) is 3.08. The van der Waals surface area contributed by atoms with Crippen LogP contribution in [0, 0.1) is 0 Å². The van der Waals surface area contributed by atoms with Gasteiger partial charge in [0.15, 0.2) is 12.4 Å². The molecule has 1 aromatic rings. The van der Waals surface area contributed by atoms with Crippen molar-refractivity contribution in [3.8, 4) is 0 Å². The Bertz CT molecular complexity index is 1090. The summed E-state index contributed by atoms with van der Waals surface area (Å²) in [7, 11) is 0. The second kappa shape index (κ2) is 25.2. The maximum Gasteiger partial charge on any atom is 0.508 e. The number of aliphatic hydroxyl groups is 2. The third-order valence-corrected chi connectivity index (χ3v) is 8.68. The Morgan fingerprint density at radius 3 is 2.16 bits per heavy atom. The van der Waals surface area contributed by atoms with Crippen molar-refractivity contribution >= 4 is 52.8 Å². The summed E-state index contributed by atoms with van der Waals surface area (Å²) >= 11 is 17.1. The maximum atomic E-state index is 13.6. The molecule has 0 radical (unpaired) electrons. The first-order valence-electron chi connectivity index (χ1n) is 18.0. The molecule has 0 unspecified atom stereocenters. The fourth-order valence-corrected chi connectivity index (χ4v) is 5.81. The number of unbranched alkanes of at least 4 members (excludes halogenated alkanes) is 10. The van der Waals surface area contributed by atoms with E-state index in [2.05, 4.69) is 12.2 Å². The lowest BCUT2D eigenvalue weighted by Gasteiger charge is -2.43. The first-order valence-corrected chi connectivity index (χ1v) is 19.1. The lowest BCUT2D eigenvalue weighted by molar-refractivity contribution is -0.274. The van der Waals surface area contributed by atoms with Gasteiger partial charge < -0.3 is 39.2 Å². The molecule has 1 fully saturated rings. The first kappa shape index (κ1) is 44.3. The van der Waals surface area contributed by atoms with E-state index in [-0.39, 0.29) is 25.4 Å². The van der Waals surface area contributed by atoms with Gasteiger partial charge in [-0.05, 0) is 24.8 Å². The largest absolute Gasteiger partial charge is 0.508 e. The number of carbonyl (C=O) groups excluding carboxylic acids is 3. The van der Waals surface area contributed by atoms with Crippen LogP contribution in [0.15, 0.2) is 30.3 Å². The van der Waals surface area contributed by atoms with Gasteiger partial charge in [0, 0.05) is 6.42 Å². The van der Waals surface area contributed by atoms with Crippen LogP contribution >= 0.6 is 34.8 Å². The van der Waals surface area contributed by atoms with Crippen LogP contribution in [0.3, 0.4) is 0 Å². The number of aliphatic hydroxyl groups excluding tert-OH is 2. The number of amides is 1. The number of hydrogen-bond donors (Lipinski definition) is 3. The highest BCUT2D eigenvalue weighted by Gasteiger charge is 2.49. The van der Waals surface area contributed by atoms with Gasteiger partial charge in [-0.1, -0.05) is 143 Å². The highest BCUT2D eigenvalue weighted by atomic mass is 35.6. The van der Waals surface area contributed by atoms with Crippen LogP contribution in [0.5, 0.6) is 0 Å². The zero-order valence-electron chi connectivity index (χ0n) is 29.4. The fourth-order valence-electron chi connectivity index (χ4n) is 5.64. The molecule has 1 aliphatic heterocycles. The van der Waals surface area contributed by atoms with Crippen molar-refractivity contribution in [3.05, 3.63) is 35.9 Å². The van der Waals surface area contributed by atoms with Crippen LogP contribution in [0.2, 0.25) is 0 Å². The molecule has 0 spiro atoms. The summed E-state index contributed by atoms with van der Waals surface area (Å²) in [6, 6.07) is 7.87. The minimum absolute atomic E-state index is 0.0349. The Labute approximate surface area is 311 Å². The molecule has 11 nitrogen and oxygen atoms in total. The van der Waals surface area contributed by atoms with E-state index in [0.717, 1.165) is 44.1 Å². The van der Waals surface area contributed by atoms with Gasteiger partial charge in [-0.3, -0.25) is 9.59 Å². The van der Waals surface area contributed by atoms with E-state index in [4.69, 9.17) is 58.5 Å². The number of benzene rings is 1. The van der Waals surface area contributed by atoms with Gasteiger partial charge in [0.05, 0.1) is 19.6 Å². The Hall–Kier alpha value is -1.86. The van der Waals surface area contributed by atoms with Gasteiger partial charge in [-0.2, -0.15) is 0 Å². The summed E-state index contributed by atoms with van der Waals surface area (Å²) in [4.78, 5) is 39.0. The van der Waals surface area contributed by atoms with Crippen LogP contribution in [-0.4, -0.2) is 82.0 Å². The maximum absolute atomic E-state index is 13.6. The summed E-state index contributed by atoms with van der Waals surface area (Å²) in [6.07, 6.45) is 5.62. The van der Waals surface area contributed by atoms with Crippen molar-refractivity contribution in [1.82, 2.24) is 5.32 Å². The molecule has 50 heavy (non-hydrogen) atoms. The molecular formula is C36H56Cl3NO10. The molecule has 1 aliphatic rings. The summed E-state index contributed by atoms with van der Waals surface area (Å²) in [5.41, 5.74) is 0.781. The summed E-state index contributed by atoms with van der Waals surface area (Å²) in [5, 5.41) is 23.8. The average molecular weight is 769 g/mol. The predicted octanol–water partition coefficient (Wildman–Crippen LogP) is 7.46. The molecule has 1 saturated heterocycles. The van der Waals surface area contributed by atoms with E-state index in [1.165, 1.54) is 32.1 Å². The molecule has 1 aromatic carbocycles. The van der Waals surface area contributed by atoms with Gasteiger partial charge in [-0.25, -0.2) is 4.79 Å². The molecule has 0 saturated carbocycles. The molecule has 0 aliphatic carbocycles. The molecule has 2 rings (SSSR count). The number of nitrogens with one attached hydrogen (secondary N) is 1. The monoisotopic (exact) mass is 767 g/mol. The van der Waals surface area contributed by atoms with E-state index in [0.29, 0.717) is 12.8 Å². The number of esters is 1. The van der Waals surface area contributed by atoms with Crippen molar-refractivity contribution < 1.29 is 48.3 Å². The van der Waals surface area contributed by atoms with E-state index in [9.17, 15) is 24.6 Å². The van der Waals surface area contributed by atoms with Crippen LogP contribution in [0.25, 0.3) is 0 Å². The molecule has 6 atom stereocenters. The smallest absolute Gasteiger partial charge is 0.462 e. The topological polar surface area (TPSA) is 150 Å². The van der Waals surface area contributed by atoms with Gasteiger partial charge in [0.2, 0.25) is 9.70 Å². The van der Waals surface area contributed by atoms with Gasteiger partial charge in [0.25, 0.3) is 0 Å². The molecule has 1 heterocycles. The van der Waals surface area contributed by atoms with E-state index in [1.54, 1.807) is 0 Å². The predicted molar refractivity (Wildman–Crippen MR) is 192 cm³/mol. The normalized spacial score (nSPS) is 21.3. The Balaban J connectivity index is 2.18. The van der Waals surface area contributed by atoms with Crippen LogP contribution < -0.4 is 5.32 Å². The quantitative estimate of drug-likeness (QED) is 0.0550. The van der Waals surface area contributed by atoms with E-state index >= 15 is 0 Å². The third kappa shape index (κ3) is 18.6. The van der Waals surface area contributed by atoms with Gasteiger partial charge in [-0.15, -0.1) is 0 Å². The van der Waals surface area contributed by atoms with Crippen LogP contribution in [-0.2, 0) is 39.9 Å². The summed E-state index contributed by atoms with van der Waals surface area (Å²) in [6.45, 7) is 2.99. The summed E-state index contributed by atoms with van der Waals surface area (Å²) in [5.74, 6) is -0.913. The number of hydrogen-bond acceptors (Lipinski definition) is 10. The number of alkyl halides is 3. The number of halogens is 3. The Kier molecular flexibility index (Phi) is 22.3. The minimum Gasteiger partial charge on any atom is -0.462 e. The second-order valence-corrected chi connectivity index (χ2v) is 15.2. The zero-order valence-corrected chi connectivity index (χ0v) is 31.6. The lowest BCUT2D eigenvalue weighted by Crippen LogP contribution is -2.66. The molecule has 14 heteroatoms. The highest BCUT2D eigenvalue weighted by molar-refractivity contribution is 6.67. The number of ether oxygens (including phenoxy) is 5. The molecule has 1 amide bonds. The van der Waals surface area contributed by atoms with Crippen LogP contribution in [0.4, 0.5) is 4.79 Å². The van der Waals surface area contributed by atoms with Gasteiger partial charge in [0.1, 0.15) is 31.0 Å². The van der Waals surface area contributed by atoms with Crippen molar-refractivity contribution in [2.75, 3.05) is 13.2 Å². The second-order valence-electron chi connectivity index (χ2n) is 12.7. The highest BCUT2D eigenvalue weighted by Crippen LogP contribution is 2.29. The third-order valence-electron chi connectivity index (χ3n) is 8.35. The van der Waals surface area contributed by atoms with Gasteiger partial charge >= 0.3 is 12.1 Å². The Morgan fingerprint density at radius 1 is 0.920 bits per heavy atom. The molecule has 3 N–H and O–H groups in total. The molecule has 0 aromatic heterocycles. The van der Waals surface area contributed by atoms with Crippen molar-refractivity contribution in [3.63, 3.8) is 0 Å². The lowest BCUT2D eigenvalue weighted by atomic mass is 9.96. The van der Waals surface area contributed by atoms with Crippen molar-refractivity contribution in [1.29, 1.82) is 0 Å². The van der Waals surface area contributed by atoms with Crippen molar-refractivity contribution in [2.45, 2.75) is 157 Å². The number of carbonyl (C=O) groups is 3.